The smallest absolute Gasteiger partial charge is 0.311 e. The average Bonchev–Trinajstić information content (AvgIpc) is 2.28. The molecule has 7 nitrogen and oxygen atoms in total. The number of nitrogens with zero attached hydrogens (tertiary/aromatic N) is 2. The number of hydrogen-bond donors (Lipinski definition) is 3. The van der Waals surface area contributed by atoms with Crippen molar-refractivity contribution in [1.29, 1.82) is 0 Å². The Balaban J connectivity index is 2.99. The second-order valence-corrected chi connectivity index (χ2v) is 4.76. The second-order valence-electron chi connectivity index (χ2n) is 4.76. The molecule has 1 heterocycles. The quantitative estimate of drug-likeness (QED) is 0.538. The highest BCUT2D eigenvalue weighted by molar-refractivity contribution is 5.57. The van der Waals surface area contributed by atoms with Gasteiger partial charge in [-0.2, -0.15) is 0 Å². The summed E-state index contributed by atoms with van der Waals surface area (Å²) in [5, 5.41) is 13.8. The third-order valence-corrected chi connectivity index (χ3v) is 3.21. The molecule has 0 aliphatic heterocycles. The van der Waals surface area contributed by atoms with Gasteiger partial charge in [0.25, 0.3) is 0 Å². The van der Waals surface area contributed by atoms with Crippen molar-refractivity contribution in [3.05, 3.63) is 22.2 Å². The molecule has 1 rings (SSSR count). The maximum atomic E-state index is 10.6. The molecule has 0 bridgehead atoms. The first-order chi connectivity index (χ1) is 8.30. The van der Waals surface area contributed by atoms with Gasteiger partial charge in [-0.15, -0.1) is 0 Å². The van der Waals surface area contributed by atoms with Gasteiger partial charge in [-0.1, -0.05) is 13.8 Å². The molecule has 18 heavy (non-hydrogen) atoms. The van der Waals surface area contributed by atoms with Crippen molar-refractivity contribution < 1.29 is 4.92 Å². The minimum Gasteiger partial charge on any atom is -0.378 e. The van der Waals surface area contributed by atoms with Gasteiger partial charge in [-0.25, -0.2) is 4.98 Å². The van der Waals surface area contributed by atoms with E-state index in [0.29, 0.717) is 12.4 Å². The van der Waals surface area contributed by atoms with Gasteiger partial charge in [0, 0.05) is 12.6 Å². The number of nitro groups is 1. The van der Waals surface area contributed by atoms with E-state index in [4.69, 9.17) is 11.5 Å². The molecule has 1 atom stereocenters. The number of rotatable bonds is 5. The molecule has 1 unspecified atom stereocenters. The zero-order chi connectivity index (χ0) is 13.9. The largest absolute Gasteiger partial charge is 0.378 e. The van der Waals surface area contributed by atoms with Gasteiger partial charge >= 0.3 is 5.69 Å². The van der Waals surface area contributed by atoms with Crippen LogP contribution >= 0.6 is 0 Å². The molecule has 0 spiro atoms. The SMILES string of the molecule is CC(C)C(C)(CN)Nc1ccc([N+](=O)[O-])c(N)n1. The molecule has 0 aliphatic rings. The predicted molar refractivity (Wildman–Crippen MR) is 71.2 cm³/mol. The van der Waals surface area contributed by atoms with Gasteiger partial charge in [0.2, 0.25) is 5.82 Å². The maximum absolute atomic E-state index is 10.6. The summed E-state index contributed by atoms with van der Waals surface area (Å²) in [7, 11) is 0. The summed E-state index contributed by atoms with van der Waals surface area (Å²) in [6.45, 7) is 6.46. The molecular weight excluding hydrogens is 234 g/mol. The van der Waals surface area contributed by atoms with Crippen molar-refractivity contribution in [3.8, 4) is 0 Å². The molecule has 0 saturated carbocycles. The van der Waals surface area contributed by atoms with E-state index in [0.717, 1.165) is 0 Å². The summed E-state index contributed by atoms with van der Waals surface area (Å²) in [6, 6.07) is 2.87. The fraction of sp³-hybridized carbons (Fsp3) is 0.545. The van der Waals surface area contributed by atoms with Crippen LogP contribution in [0.1, 0.15) is 20.8 Å². The second kappa shape index (κ2) is 5.18. The van der Waals surface area contributed by atoms with Crippen molar-refractivity contribution >= 4 is 17.3 Å². The van der Waals surface area contributed by atoms with Crippen molar-refractivity contribution in [1.82, 2.24) is 4.98 Å². The molecule has 1 aromatic heterocycles. The summed E-state index contributed by atoms with van der Waals surface area (Å²) in [4.78, 5) is 14.0. The molecule has 5 N–H and O–H groups in total. The number of aromatic nitrogens is 1. The van der Waals surface area contributed by atoms with Crippen LogP contribution in [0.3, 0.4) is 0 Å². The minimum atomic E-state index is -0.559. The lowest BCUT2D eigenvalue weighted by molar-refractivity contribution is -0.384. The van der Waals surface area contributed by atoms with Gasteiger partial charge in [-0.05, 0) is 18.9 Å². The fourth-order valence-electron chi connectivity index (χ4n) is 1.42. The Morgan fingerprint density at radius 1 is 1.56 bits per heavy atom. The normalized spacial score (nSPS) is 14.3. The molecule has 0 aliphatic carbocycles. The van der Waals surface area contributed by atoms with Crippen molar-refractivity contribution in [2.45, 2.75) is 26.3 Å². The summed E-state index contributed by atoms with van der Waals surface area (Å²) in [6.07, 6.45) is 0. The number of nitrogens with two attached hydrogens (primary N) is 2. The van der Waals surface area contributed by atoms with E-state index in [1.54, 1.807) is 0 Å². The lowest BCUT2D eigenvalue weighted by Crippen LogP contribution is -2.47. The van der Waals surface area contributed by atoms with Crippen LogP contribution in [-0.2, 0) is 0 Å². The van der Waals surface area contributed by atoms with E-state index < -0.39 is 4.92 Å². The van der Waals surface area contributed by atoms with E-state index >= 15 is 0 Å². The maximum Gasteiger partial charge on any atom is 0.311 e. The Morgan fingerprint density at radius 3 is 2.56 bits per heavy atom. The zero-order valence-electron chi connectivity index (χ0n) is 10.8. The summed E-state index contributed by atoms with van der Waals surface area (Å²) >= 11 is 0. The first-order valence-electron chi connectivity index (χ1n) is 5.69. The van der Waals surface area contributed by atoms with E-state index in [1.807, 2.05) is 20.8 Å². The lowest BCUT2D eigenvalue weighted by Gasteiger charge is -2.34. The Morgan fingerprint density at radius 2 is 2.17 bits per heavy atom. The zero-order valence-corrected chi connectivity index (χ0v) is 10.8. The highest BCUT2D eigenvalue weighted by Crippen LogP contribution is 2.25. The van der Waals surface area contributed by atoms with Gasteiger partial charge in [-0.3, -0.25) is 10.1 Å². The van der Waals surface area contributed by atoms with E-state index in [-0.39, 0.29) is 23.0 Å². The van der Waals surface area contributed by atoms with Crippen LogP contribution in [0.4, 0.5) is 17.3 Å². The minimum absolute atomic E-state index is 0.104. The number of hydrogen-bond acceptors (Lipinski definition) is 6. The molecule has 0 fully saturated rings. The monoisotopic (exact) mass is 253 g/mol. The number of anilines is 2. The Labute approximate surface area is 106 Å². The molecule has 1 aromatic rings. The number of nitrogen functional groups attached to an aromatic ring is 1. The van der Waals surface area contributed by atoms with E-state index in [9.17, 15) is 10.1 Å². The van der Waals surface area contributed by atoms with E-state index in [1.165, 1.54) is 12.1 Å². The molecule has 0 radical (unpaired) electrons. The third kappa shape index (κ3) is 2.86. The molecule has 7 heteroatoms. The average molecular weight is 253 g/mol. The highest BCUT2D eigenvalue weighted by Gasteiger charge is 2.27. The van der Waals surface area contributed by atoms with Crippen LogP contribution in [0.15, 0.2) is 12.1 Å². The van der Waals surface area contributed by atoms with Crippen molar-refractivity contribution in [2.24, 2.45) is 11.7 Å². The third-order valence-electron chi connectivity index (χ3n) is 3.21. The number of nitrogens with one attached hydrogen (secondary N) is 1. The van der Waals surface area contributed by atoms with Crippen LogP contribution in [0, 0.1) is 16.0 Å². The van der Waals surface area contributed by atoms with Gasteiger partial charge < -0.3 is 16.8 Å². The molecule has 0 saturated heterocycles. The van der Waals surface area contributed by atoms with Crippen LogP contribution < -0.4 is 16.8 Å². The highest BCUT2D eigenvalue weighted by atomic mass is 16.6. The van der Waals surface area contributed by atoms with Crippen LogP contribution in [0.5, 0.6) is 0 Å². The predicted octanol–water partition coefficient (Wildman–Crippen LogP) is 1.36. The molecule has 0 aromatic carbocycles. The standard InChI is InChI=1S/C11H19N5O2/c1-7(2)11(3,6-12)15-9-5-4-8(16(17)18)10(13)14-9/h4-5,7H,6,12H2,1-3H3,(H3,13,14,15). The van der Waals surface area contributed by atoms with Gasteiger partial charge in [0.05, 0.1) is 10.5 Å². The van der Waals surface area contributed by atoms with Crippen molar-refractivity contribution in [3.63, 3.8) is 0 Å². The van der Waals surface area contributed by atoms with Gasteiger partial charge in [0.15, 0.2) is 0 Å². The first kappa shape index (κ1) is 14.2. The fourth-order valence-corrected chi connectivity index (χ4v) is 1.42. The number of pyridine rings is 1. The van der Waals surface area contributed by atoms with Crippen LogP contribution in [0.25, 0.3) is 0 Å². The lowest BCUT2D eigenvalue weighted by atomic mass is 9.88. The van der Waals surface area contributed by atoms with Crippen molar-refractivity contribution in [2.75, 3.05) is 17.6 Å². The van der Waals surface area contributed by atoms with Gasteiger partial charge in [0.1, 0.15) is 5.82 Å². The summed E-state index contributed by atoms with van der Waals surface area (Å²) < 4.78 is 0. The van der Waals surface area contributed by atoms with E-state index in [2.05, 4.69) is 10.3 Å². The summed E-state index contributed by atoms with van der Waals surface area (Å²) in [5.74, 6) is 0.661. The van der Waals surface area contributed by atoms with Crippen LogP contribution in [-0.4, -0.2) is 22.0 Å². The Kier molecular flexibility index (Phi) is 4.07. The topological polar surface area (TPSA) is 120 Å². The molecule has 0 amide bonds. The first-order valence-corrected chi connectivity index (χ1v) is 5.69. The molecular formula is C11H19N5O2. The Hall–Kier alpha value is -1.89. The Bertz CT molecular complexity index is 449. The van der Waals surface area contributed by atoms with Crippen LogP contribution in [0.2, 0.25) is 0 Å². The summed E-state index contributed by atoms with van der Waals surface area (Å²) in [5.41, 5.74) is 10.7. The molecule has 100 valence electrons.